The lowest BCUT2D eigenvalue weighted by Crippen LogP contribution is -2.14. The number of ether oxygens (including phenoxy) is 1. The zero-order valence-corrected chi connectivity index (χ0v) is 20.5. The van der Waals surface area contributed by atoms with Crippen LogP contribution in [0.4, 0.5) is 13.2 Å². The molecule has 1 saturated carbocycles. The van der Waals surface area contributed by atoms with Crippen LogP contribution in [-0.4, -0.2) is 6.61 Å². The van der Waals surface area contributed by atoms with Gasteiger partial charge in [0.05, 0.1) is 6.61 Å². The Bertz CT molecular complexity index is 1160. The highest BCUT2D eigenvalue weighted by molar-refractivity contribution is 5.65. The average Bonchev–Trinajstić information content (AvgIpc) is 2.87. The Morgan fingerprint density at radius 3 is 2.26 bits per heavy atom. The smallest absolute Gasteiger partial charge is 0.162 e. The number of allylic oxidation sites excluding steroid dienone is 2. The summed E-state index contributed by atoms with van der Waals surface area (Å²) >= 11 is 0. The van der Waals surface area contributed by atoms with Gasteiger partial charge < -0.3 is 4.74 Å². The second-order valence-electron chi connectivity index (χ2n) is 9.35. The van der Waals surface area contributed by atoms with Crippen molar-refractivity contribution < 1.29 is 17.9 Å². The molecule has 4 heteroatoms. The molecule has 0 spiro atoms. The fourth-order valence-electron chi connectivity index (χ4n) is 5.12. The number of rotatable bonds is 8. The molecule has 3 aromatic rings. The first kappa shape index (κ1) is 25.1. The van der Waals surface area contributed by atoms with Crippen molar-refractivity contribution in [2.45, 2.75) is 58.3 Å². The standard InChI is InChI=1S/C31H33F3O/c1-3-5-21-6-13-24(14-7-21)28-18-16-25(30(33)31(28)34)15-10-22-8-11-23(12-9-22)27-19-17-26(35-4-2)20-29(27)32/h3,5,8-9,11-12,16-21,24H,4,6-7,10,13-15H2,1-2H3. The minimum Gasteiger partial charge on any atom is -0.494 e. The van der Waals surface area contributed by atoms with E-state index in [1.807, 2.05) is 38.1 Å². The summed E-state index contributed by atoms with van der Waals surface area (Å²) in [6, 6.07) is 15.9. The first-order valence-electron chi connectivity index (χ1n) is 12.6. The van der Waals surface area contributed by atoms with Crippen LogP contribution in [0.2, 0.25) is 0 Å². The molecule has 1 aliphatic carbocycles. The highest BCUT2D eigenvalue weighted by Crippen LogP contribution is 2.38. The molecule has 0 bridgehead atoms. The zero-order chi connectivity index (χ0) is 24.8. The largest absolute Gasteiger partial charge is 0.494 e. The minimum absolute atomic E-state index is 0.0931. The van der Waals surface area contributed by atoms with Crippen molar-refractivity contribution >= 4 is 0 Å². The van der Waals surface area contributed by atoms with E-state index in [9.17, 15) is 13.2 Å². The summed E-state index contributed by atoms with van der Waals surface area (Å²) in [5.74, 6) is -0.579. The quantitative estimate of drug-likeness (QED) is 0.294. The second kappa shape index (κ2) is 11.6. The zero-order valence-electron chi connectivity index (χ0n) is 20.5. The molecule has 4 rings (SSSR count). The monoisotopic (exact) mass is 478 g/mol. The highest BCUT2D eigenvalue weighted by Gasteiger charge is 2.25. The van der Waals surface area contributed by atoms with Crippen LogP contribution in [0, 0.1) is 23.4 Å². The van der Waals surface area contributed by atoms with Crippen LogP contribution in [0.15, 0.2) is 66.7 Å². The van der Waals surface area contributed by atoms with E-state index in [4.69, 9.17) is 4.74 Å². The molecule has 0 unspecified atom stereocenters. The minimum atomic E-state index is -0.717. The van der Waals surface area contributed by atoms with Crippen LogP contribution >= 0.6 is 0 Å². The van der Waals surface area contributed by atoms with Gasteiger partial charge in [-0.15, -0.1) is 0 Å². The Balaban J connectivity index is 1.39. The molecule has 1 fully saturated rings. The van der Waals surface area contributed by atoms with Gasteiger partial charge in [0, 0.05) is 11.6 Å². The predicted molar refractivity (Wildman–Crippen MR) is 136 cm³/mol. The van der Waals surface area contributed by atoms with Crippen LogP contribution in [0.25, 0.3) is 11.1 Å². The maximum Gasteiger partial charge on any atom is 0.162 e. The summed E-state index contributed by atoms with van der Waals surface area (Å²) < 4.78 is 49.7. The number of aryl methyl sites for hydroxylation is 2. The molecule has 35 heavy (non-hydrogen) atoms. The SMILES string of the molecule is CC=CC1CCC(c2ccc(CCc3ccc(-c4ccc(OCC)cc4F)cc3)c(F)c2F)CC1. The lowest BCUT2D eigenvalue weighted by atomic mass is 9.78. The van der Waals surface area contributed by atoms with Gasteiger partial charge in [-0.3, -0.25) is 0 Å². The number of halogens is 3. The third-order valence-corrected chi connectivity index (χ3v) is 7.07. The Kier molecular flexibility index (Phi) is 8.33. The van der Waals surface area contributed by atoms with E-state index in [-0.39, 0.29) is 11.7 Å². The number of hydrogen-bond donors (Lipinski definition) is 0. The molecule has 1 nitrogen and oxygen atoms in total. The topological polar surface area (TPSA) is 9.23 Å². The van der Waals surface area contributed by atoms with Gasteiger partial charge in [-0.05, 0) is 98.6 Å². The molecule has 184 valence electrons. The molecule has 0 amide bonds. The van der Waals surface area contributed by atoms with Gasteiger partial charge in [-0.1, -0.05) is 48.6 Å². The Hall–Kier alpha value is -3.01. The van der Waals surface area contributed by atoms with Gasteiger partial charge in [0.25, 0.3) is 0 Å². The van der Waals surface area contributed by atoms with Crippen molar-refractivity contribution in [2.24, 2.45) is 5.92 Å². The van der Waals surface area contributed by atoms with Crippen molar-refractivity contribution in [1.29, 1.82) is 0 Å². The Morgan fingerprint density at radius 1 is 0.857 bits per heavy atom. The number of benzene rings is 3. The molecule has 3 aromatic carbocycles. The lowest BCUT2D eigenvalue weighted by Gasteiger charge is -2.27. The summed E-state index contributed by atoms with van der Waals surface area (Å²) in [6.45, 7) is 4.37. The van der Waals surface area contributed by atoms with Gasteiger partial charge in [0.15, 0.2) is 11.6 Å². The molecule has 0 radical (unpaired) electrons. The van der Waals surface area contributed by atoms with Crippen LogP contribution < -0.4 is 4.74 Å². The molecular formula is C31H33F3O. The van der Waals surface area contributed by atoms with E-state index in [1.165, 1.54) is 6.07 Å². The fraction of sp³-hybridized carbons (Fsp3) is 0.355. The molecule has 0 saturated heterocycles. The molecule has 0 heterocycles. The van der Waals surface area contributed by atoms with Crippen LogP contribution in [0.3, 0.4) is 0 Å². The van der Waals surface area contributed by atoms with Gasteiger partial charge in [-0.2, -0.15) is 0 Å². The second-order valence-corrected chi connectivity index (χ2v) is 9.35. The first-order chi connectivity index (χ1) is 17.0. The van der Waals surface area contributed by atoms with Gasteiger partial charge >= 0.3 is 0 Å². The maximum absolute atomic E-state index is 14.9. The molecule has 0 aliphatic heterocycles. The van der Waals surface area contributed by atoms with E-state index in [2.05, 4.69) is 12.2 Å². The van der Waals surface area contributed by atoms with Crippen molar-refractivity contribution in [3.05, 3.63) is 101 Å². The number of hydrogen-bond acceptors (Lipinski definition) is 1. The molecular weight excluding hydrogens is 445 g/mol. The van der Waals surface area contributed by atoms with E-state index in [0.29, 0.717) is 47.8 Å². The Morgan fingerprint density at radius 2 is 1.60 bits per heavy atom. The molecule has 0 atom stereocenters. The maximum atomic E-state index is 14.9. The molecule has 0 N–H and O–H groups in total. The van der Waals surface area contributed by atoms with Crippen LogP contribution in [0.1, 0.15) is 62.1 Å². The van der Waals surface area contributed by atoms with E-state index in [0.717, 1.165) is 36.8 Å². The normalized spacial score (nSPS) is 18.2. The summed E-state index contributed by atoms with van der Waals surface area (Å²) in [5, 5.41) is 0. The van der Waals surface area contributed by atoms with Gasteiger partial charge in [-0.25, -0.2) is 13.2 Å². The van der Waals surface area contributed by atoms with Gasteiger partial charge in [0.2, 0.25) is 0 Å². The van der Waals surface area contributed by atoms with Crippen molar-refractivity contribution in [1.82, 2.24) is 0 Å². The highest BCUT2D eigenvalue weighted by atomic mass is 19.2. The third kappa shape index (κ3) is 5.98. The van der Waals surface area contributed by atoms with Crippen molar-refractivity contribution in [3.8, 4) is 16.9 Å². The van der Waals surface area contributed by atoms with Crippen LogP contribution in [0.5, 0.6) is 5.75 Å². The summed E-state index contributed by atoms with van der Waals surface area (Å²) in [6.07, 6.45) is 9.12. The Labute approximate surface area is 206 Å². The van der Waals surface area contributed by atoms with E-state index in [1.54, 1.807) is 24.3 Å². The molecule has 0 aromatic heterocycles. The van der Waals surface area contributed by atoms with Gasteiger partial charge in [0.1, 0.15) is 11.6 Å². The summed E-state index contributed by atoms with van der Waals surface area (Å²) in [4.78, 5) is 0. The summed E-state index contributed by atoms with van der Waals surface area (Å²) in [5.41, 5.74) is 3.18. The first-order valence-corrected chi connectivity index (χ1v) is 12.6. The fourth-order valence-corrected chi connectivity index (χ4v) is 5.12. The van der Waals surface area contributed by atoms with E-state index >= 15 is 0 Å². The average molecular weight is 479 g/mol. The molecule has 1 aliphatic rings. The third-order valence-electron chi connectivity index (χ3n) is 7.07. The lowest BCUT2D eigenvalue weighted by molar-refractivity contribution is 0.338. The van der Waals surface area contributed by atoms with Crippen molar-refractivity contribution in [3.63, 3.8) is 0 Å². The van der Waals surface area contributed by atoms with E-state index < -0.39 is 11.6 Å². The predicted octanol–water partition coefficient (Wildman–Crippen LogP) is 8.80. The van der Waals surface area contributed by atoms with Crippen molar-refractivity contribution in [2.75, 3.05) is 6.61 Å². The summed E-state index contributed by atoms with van der Waals surface area (Å²) in [7, 11) is 0. The van der Waals surface area contributed by atoms with Crippen LogP contribution in [-0.2, 0) is 12.8 Å².